The van der Waals surface area contributed by atoms with Crippen molar-refractivity contribution in [3.63, 3.8) is 0 Å². The van der Waals surface area contributed by atoms with Crippen molar-refractivity contribution >= 4 is 5.96 Å². The Hall–Kier alpha value is -2.57. The maximum absolute atomic E-state index is 5.90. The number of guanidine groups is 1. The predicted molar refractivity (Wildman–Crippen MR) is 109 cm³/mol. The van der Waals surface area contributed by atoms with Gasteiger partial charge in [0.1, 0.15) is 24.5 Å². The third kappa shape index (κ3) is 6.27. The van der Waals surface area contributed by atoms with Gasteiger partial charge in [-0.25, -0.2) is 9.98 Å². The van der Waals surface area contributed by atoms with Crippen molar-refractivity contribution in [2.24, 2.45) is 12.0 Å². The normalized spacial score (nSPS) is 12.1. The molecule has 0 bridgehead atoms. The van der Waals surface area contributed by atoms with Gasteiger partial charge in [-0.1, -0.05) is 32.9 Å². The number of rotatable bonds is 7. The number of hydrogen-bond donors (Lipinski definition) is 1. The van der Waals surface area contributed by atoms with E-state index in [2.05, 4.69) is 60.2 Å². The van der Waals surface area contributed by atoms with Crippen LogP contribution in [0.2, 0.25) is 0 Å². The molecule has 0 spiro atoms. The number of aryl methyl sites for hydroxylation is 1. The third-order valence-corrected chi connectivity index (χ3v) is 4.20. The summed E-state index contributed by atoms with van der Waals surface area (Å²) in [6.07, 6.45) is 1.56. The van der Waals surface area contributed by atoms with Gasteiger partial charge in [-0.15, -0.1) is 0 Å². The molecule has 7 nitrogen and oxygen atoms in total. The molecule has 2 rings (SSSR count). The highest BCUT2D eigenvalue weighted by molar-refractivity contribution is 5.79. The van der Waals surface area contributed by atoms with Crippen LogP contribution in [0.3, 0.4) is 0 Å². The molecule has 0 saturated carbocycles. The van der Waals surface area contributed by atoms with Crippen LogP contribution >= 0.6 is 0 Å². The van der Waals surface area contributed by atoms with Crippen molar-refractivity contribution in [1.29, 1.82) is 0 Å². The summed E-state index contributed by atoms with van der Waals surface area (Å²) in [7, 11) is 3.88. The van der Waals surface area contributed by atoms with Crippen molar-refractivity contribution in [3.8, 4) is 5.75 Å². The van der Waals surface area contributed by atoms with Gasteiger partial charge in [0.15, 0.2) is 5.96 Å². The molecule has 0 aliphatic rings. The first-order valence-electron chi connectivity index (χ1n) is 9.37. The topological polar surface area (TPSA) is 67.6 Å². The molecule has 0 saturated heterocycles. The van der Waals surface area contributed by atoms with Crippen LogP contribution in [0.5, 0.6) is 5.75 Å². The zero-order valence-electron chi connectivity index (χ0n) is 17.4. The van der Waals surface area contributed by atoms with Crippen LogP contribution in [-0.4, -0.2) is 52.4 Å². The maximum atomic E-state index is 5.90. The summed E-state index contributed by atoms with van der Waals surface area (Å²) in [5.74, 6) is 2.60. The van der Waals surface area contributed by atoms with Crippen LogP contribution in [0.1, 0.15) is 39.1 Å². The SMILES string of the molecule is CCNC(=NCCOc1cccc(C(C)(C)C)c1)N(C)Cc1ncnn1C. The molecular formula is C20H32N6O. The van der Waals surface area contributed by atoms with Gasteiger partial charge in [0.2, 0.25) is 0 Å². The second-order valence-corrected chi connectivity index (χ2v) is 7.52. The van der Waals surface area contributed by atoms with E-state index < -0.39 is 0 Å². The predicted octanol–water partition coefficient (Wildman–Crippen LogP) is 2.59. The second kappa shape index (κ2) is 9.39. The van der Waals surface area contributed by atoms with Crippen molar-refractivity contribution in [2.75, 3.05) is 26.7 Å². The summed E-state index contributed by atoms with van der Waals surface area (Å²) in [6.45, 7) is 11.2. The van der Waals surface area contributed by atoms with Gasteiger partial charge in [0.25, 0.3) is 0 Å². The van der Waals surface area contributed by atoms with Gasteiger partial charge >= 0.3 is 0 Å². The number of benzene rings is 1. The summed E-state index contributed by atoms with van der Waals surface area (Å²) in [5, 5.41) is 7.41. The van der Waals surface area contributed by atoms with Crippen molar-refractivity contribution in [1.82, 2.24) is 25.0 Å². The number of ether oxygens (including phenoxy) is 1. The Balaban J connectivity index is 1.92. The summed E-state index contributed by atoms with van der Waals surface area (Å²) in [6, 6.07) is 8.27. The maximum Gasteiger partial charge on any atom is 0.194 e. The first-order chi connectivity index (χ1) is 12.8. The number of aromatic nitrogens is 3. The number of nitrogens with one attached hydrogen (secondary N) is 1. The third-order valence-electron chi connectivity index (χ3n) is 4.20. The average molecular weight is 373 g/mol. The molecule has 0 fully saturated rings. The van der Waals surface area contributed by atoms with E-state index in [0.29, 0.717) is 19.7 Å². The minimum atomic E-state index is 0.109. The van der Waals surface area contributed by atoms with Gasteiger partial charge in [-0.2, -0.15) is 5.10 Å². The molecule has 2 aromatic rings. The number of nitrogens with zero attached hydrogens (tertiary/aromatic N) is 5. The largest absolute Gasteiger partial charge is 0.492 e. The highest BCUT2D eigenvalue weighted by Crippen LogP contribution is 2.25. The molecule has 7 heteroatoms. The van der Waals surface area contributed by atoms with E-state index in [1.807, 2.05) is 31.1 Å². The molecule has 0 aliphatic carbocycles. The van der Waals surface area contributed by atoms with E-state index in [-0.39, 0.29) is 5.41 Å². The molecule has 1 aromatic carbocycles. The zero-order valence-corrected chi connectivity index (χ0v) is 17.4. The van der Waals surface area contributed by atoms with Crippen LogP contribution in [0.25, 0.3) is 0 Å². The standard InChI is InChI=1S/C20H32N6O/c1-7-21-19(25(5)14-18-23-15-24-26(18)6)22-11-12-27-17-10-8-9-16(13-17)20(2,3)4/h8-10,13,15H,7,11-12,14H2,1-6H3,(H,21,22). The van der Waals surface area contributed by atoms with Crippen molar-refractivity contribution in [3.05, 3.63) is 42.0 Å². The lowest BCUT2D eigenvalue weighted by Crippen LogP contribution is -2.39. The minimum absolute atomic E-state index is 0.109. The lowest BCUT2D eigenvalue weighted by atomic mass is 9.87. The Bertz CT molecular complexity index is 747. The molecule has 0 aliphatic heterocycles. The van der Waals surface area contributed by atoms with Crippen LogP contribution in [0.4, 0.5) is 0 Å². The van der Waals surface area contributed by atoms with Gasteiger partial charge in [-0.3, -0.25) is 4.68 Å². The summed E-state index contributed by atoms with van der Waals surface area (Å²) in [5.41, 5.74) is 1.37. The molecule has 1 N–H and O–H groups in total. The number of aliphatic imine (C=N–C) groups is 1. The van der Waals surface area contributed by atoms with E-state index in [9.17, 15) is 0 Å². The molecule has 27 heavy (non-hydrogen) atoms. The highest BCUT2D eigenvalue weighted by atomic mass is 16.5. The van der Waals surface area contributed by atoms with Gasteiger partial charge < -0.3 is 15.0 Å². The monoisotopic (exact) mass is 372 g/mol. The lowest BCUT2D eigenvalue weighted by molar-refractivity contribution is 0.326. The van der Waals surface area contributed by atoms with E-state index in [4.69, 9.17) is 4.74 Å². The Morgan fingerprint density at radius 2 is 2.11 bits per heavy atom. The number of hydrogen-bond acceptors (Lipinski definition) is 4. The molecule has 0 amide bonds. The molecule has 148 valence electrons. The van der Waals surface area contributed by atoms with Crippen LogP contribution in [0.15, 0.2) is 35.6 Å². The van der Waals surface area contributed by atoms with E-state index >= 15 is 0 Å². The van der Waals surface area contributed by atoms with Gasteiger partial charge in [-0.05, 0) is 30.0 Å². The van der Waals surface area contributed by atoms with E-state index in [0.717, 1.165) is 24.1 Å². The molecule has 1 heterocycles. The second-order valence-electron chi connectivity index (χ2n) is 7.52. The Morgan fingerprint density at radius 1 is 1.33 bits per heavy atom. The summed E-state index contributed by atoms with van der Waals surface area (Å²) in [4.78, 5) is 11.0. The lowest BCUT2D eigenvalue weighted by Gasteiger charge is -2.21. The zero-order chi connectivity index (χ0) is 19.9. The Labute approximate surface area is 162 Å². The Kier molecular flexibility index (Phi) is 7.21. The fourth-order valence-corrected chi connectivity index (χ4v) is 2.59. The van der Waals surface area contributed by atoms with Crippen LogP contribution in [-0.2, 0) is 19.0 Å². The van der Waals surface area contributed by atoms with Crippen LogP contribution in [0, 0.1) is 0 Å². The molecule has 0 radical (unpaired) electrons. The summed E-state index contributed by atoms with van der Waals surface area (Å²) < 4.78 is 7.66. The molecular weight excluding hydrogens is 340 g/mol. The van der Waals surface area contributed by atoms with Crippen molar-refractivity contribution < 1.29 is 4.74 Å². The first-order valence-corrected chi connectivity index (χ1v) is 9.37. The van der Waals surface area contributed by atoms with Gasteiger partial charge in [0.05, 0.1) is 13.1 Å². The van der Waals surface area contributed by atoms with E-state index in [1.54, 1.807) is 11.0 Å². The quantitative estimate of drug-likeness (QED) is 0.460. The van der Waals surface area contributed by atoms with Crippen molar-refractivity contribution in [2.45, 2.75) is 39.7 Å². The fraction of sp³-hybridized carbons (Fsp3) is 0.550. The van der Waals surface area contributed by atoms with E-state index in [1.165, 1.54) is 5.56 Å². The minimum Gasteiger partial charge on any atom is -0.492 e. The first kappa shape index (κ1) is 20.7. The smallest absolute Gasteiger partial charge is 0.194 e. The summed E-state index contributed by atoms with van der Waals surface area (Å²) >= 11 is 0. The Morgan fingerprint density at radius 3 is 2.74 bits per heavy atom. The molecule has 0 atom stereocenters. The highest BCUT2D eigenvalue weighted by Gasteiger charge is 2.14. The molecule has 1 aromatic heterocycles. The van der Waals surface area contributed by atoms with Crippen LogP contribution < -0.4 is 10.1 Å². The fourth-order valence-electron chi connectivity index (χ4n) is 2.59. The van der Waals surface area contributed by atoms with Gasteiger partial charge in [0, 0.05) is 20.6 Å². The molecule has 0 unspecified atom stereocenters. The average Bonchev–Trinajstić information content (AvgIpc) is 3.02.